The van der Waals surface area contributed by atoms with E-state index in [4.69, 9.17) is 4.74 Å². The summed E-state index contributed by atoms with van der Waals surface area (Å²) >= 11 is 0. The zero-order chi connectivity index (χ0) is 14.9. The molecule has 1 amide bonds. The Balaban J connectivity index is 0. The van der Waals surface area contributed by atoms with Gasteiger partial charge in [-0.2, -0.15) is 0 Å². The third kappa shape index (κ3) is 8.84. The van der Waals surface area contributed by atoms with Crippen molar-refractivity contribution < 1.29 is 19.1 Å². The van der Waals surface area contributed by atoms with Crippen LogP contribution in [0.5, 0.6) is 0 Å². The van der Waals surface area contributed by atoms with Crippen molar-refractivity contribution in [2.24, 2.45) is 5.92 Å². The summed E-state index contributed by atoms with van der Waals surface area (Å²) in [6.07, 6.45) is -0.614. The van der Waals surface area contributed by atoms with Crippen LogP contribution in [0.3, 0.4) is 0 Å². The van der Waals surface area contributed by atoms with Gasteiger partial charge in [0.15, 0.2) is 0 Å². The fourth-order valence-electron chi connectivity index (χ4n) is 1.06. The number of hydrogen-bond acceptors (Lipinski definition) is 4. The molecule has 0 aromatic carbocycles. The number of rotatable bonds is 3. The molecule has 5 nitrogen and oxygen atoms in total. The quantitative estimate of drug-likeness (QED) is 0.793. The highest BCUT2D eigenvalue weighted by atomic mass is 16.6. The summed E-state index contributed by atoms with van der Waals surface area (Å²) < 4.78 is 9.65. The van der Waals surface area contributed by atoms with Crippen molar-refractivity contribution in [2.75, 3.05) is 7.11 Å². The van der Waals surface area contributed by atoms with E-state index in [1.54, 1.807) is 20.8 Å². The van der Waals surface area contributed by atoms with Crippen LogP contribution in [0.25, 0.3) is 0 Å². The summed E-state index contributed by atoms with van der Waals surface area (Å²) in [5.41, 5.74) is -0.582. The average Bonchev–Trinajstić information content (AvgIpc) is 2.25. The molecule has 0 aliphatic carbocycles. The first-order valence-corrected chi connectivity index (χ1v) is 6.24. The number of hydrogen-bond donors (Lipinski definition) is 1. The van der Waals surface area contributed by atoms with Crippen molar-refractivity contribution in [1.29, 1.82) is 0 Å². The van der Waals surface area contributed by atoms with Crippen LogP contribution in [0.2, 0.25) is 0 Å². The smallest absolute Gasteiger partial charge is 0.408 e. The minimum Gasteiger partial charge on any atom is -0.467 e. The number of methoxy groups -OCH3 is 1. The monoisotopic (exact) mass is 261 g/mol. The van der Waals surface area contributed by atoms with E-state index >= 15 is 0 Å². The van der Waals surface area contributed by atoms with Gasteiger partial charge in [-0.25, -0.2) is 9.59 Å². The number of alkyl carbamates (subject to hydrolysis) is 1. The maximum atomic E-state index is 11.5. The largest absolute Gasteiger partial charge is 0.467 e. The standard InChI is InChI=1S/C11H21NO4.C2H6/c1-7(2)8(9(13)15-6)12-10(14)16-11(3,4)5;1-2/h7-8H,1-6H3,(H,12,14);1-2H3. The molecule has 18 heavy (non-hydrogen) atoms. The molecule has 0 aliphatic rings. The molecule has 5 heteroatoms. The van der Waals surface area contributed by atoms with E-state index in [0.717, 1.165) is 0 Å². The Kier molecular flexibility index (Phi) is 9.31. The summed E-state index contributed by atoms with van der Waals surface area (Å²) in [6.45, 7) is 12.9. The van der Waals surface area contributed by atoms with Crippen LogP contribution < -0.4 is 5.32 Å². The third-order valence-corrected chi connectivity index (χ3v) is 1.79. The predicted molar refractivity (Wildman–Crippen MR) is 71.4 cm³/mol. The highest BCUT2D eigenvalue weighted by molar-refractivity contribution is 5.81. The number of ether oxygens (including phenoxy) is 2. The summed E-state index contributed by atoms with van der Waals surface area (Å²) in [5, 5.41) is 2.49. The van der Waals surface area contributed by atoms with E-state index in [1.165, 1.54) is 7.11 Å². The molecule has 0 heterocycles. The first-order valence-electron chi connectivity index (χ1n) is 6.24. The second-order valence-corrected chi connectivity index (χ2v) is 4.89. The predicted octanol–water partition coefficient (Wildman–Crippen LogP) is 2.73. The van der Waals surface area contributed by atoms with Crippen LogP contribution >= 0.6 is 0 Å². The molecule has 0 aromatic heterocycles. The van der Waals surface area contributed by atoms with E-state index < -0.39 is 23.7 Å². The average molecular weight is 261 g/mol. The second kappa shape index (κ2) is 8.78. The van der Waals surface area contributed by atoms with Crippen LogP contribution in [0.15, 0.2) is 0 Å². The zero-order valence-corrected chi connectivity index (χ0v) is 12.8. The maximum Gasteiger partial charge on any atom is 0.408 e. The Labute approximate surface area is 110 Å². The number of esters is 1. The Morgan fingerprint density at radius 1 is 1.11 bits per heavy atom. The molecule has 0 aliphatic heterocycles. The SMILES string of the molecule is CC.COC(=O)C(NC(=O)OC(C)(C)C)C(C)C. The number of carbonyl (C=O) groups is 2. The first kappa shape index (κ1) is 19.1. The summed E-state index contributed by atoms with van der Waals surface area (Å²) in [7, 11) is 1.29. The Morgan fingerprint density at radius 3 is 1.83 bits per heavy atom. The molecule has 0 radical (unpaired) electrons. The molecule has 1 atom stereocenters. The van der Waals surface area contributed by atoms with Gasteiger partial charge in [0, 0.05) is 0 Å². The molecule has 1 unspecified atom stereocenters. The van der Waals surface area contributed by atoms with Gasteiger partial charge < -0.3 is 14.8 Å². The molecule has 108 valence electrons. The number of amides is 1. The molecule has 1 N–H and O–H groups in total. The molecule has 0 saturated carbocycles. The van der Waals surface area contributed by atoms with Gasteiger partial charge in [0.1, 0.15) is 11.6 Å². The normalized spacial score (nSPS) is 12.1. The highest BCUT2D eigenvalue weighted by Gasteiger charge is 2.27. The highest BCUT2D eigenvalue weighted by Crippen LogP contribution is 2.09. The molecule has 0 spiro atoms. The Hall–Kier alpha value is -1.26. The summed E-state index contributed by atoms with van der Waals surface area (Å²) in [5.74, 6) is -0.527. The van der Waals surface area contributed by atoms with Crippen LogP contribution in [0.1, 0.15) is 48.5 Å². The van der Waals surface area contributed by atoms with Crippen molar-refractivity contribution in [3.63, 3.8) is 0 Å². The summed E-state index contributed by atoms with van der Waals surface area (Å²) in [4.78, 5) is 22.8. The minimum absolute atomic E-state index is 0.0556. The molecule has 0 fully saturated rings. The van der Waals surface area contributed by atoms with Gasteiger partial charge >= 0.3 is 12.1 Å². The van der Waals surface area contributed by atoms with E-state index in [1.807, 2.05) is 27.7 Å². The fraction of sp³-hybridized carbons (Fsp3) is 0.846. The Morgan fingerprint density at radius 2 is 1.56 bits per heavy atom. The number of carbonyl (C=O) groups excluding carboxylic acids is 2. The van der Waals surface area contributed by atoms with E-state index in [-0.39, 0.29) is 5.92 Å². The van der Waals surface area contributed by atoms with Gasteiger partial charge in [0.2, 0.25) is 0 Å². The lowest BCUT2D eigenvalue weighted by molar-refractivity contribution is -0.144. The van der Waals surface area contributed by atoms with Gasteiger partial charge in [-0.05, 0) is 26.7 Å². The zero-order valence-electron chi connectivity index (χ0n) is 12.8. The fourth-order valence-corrected chi connectivity index (χ4v) is 1.06. The van der Waals surface area contributed by atoms with Crippen molar-refractivity contribution in [1.82, 2.24) is 5.32 Å². The Bertz CT molecular complexity index is 256. The second-order valence-electron chi connectivity index (χ2n) is 4.89. The van der Waals surface area contributed by atoms with E-state index in [0.29, 0.717) is 0 Å². The summed E-state index contributed by atoms with van der Waals surface area (Å²) in [6, 6.07) is -0.681. The molecule has 0 saturated heterocycles. The van der Waals surface area contributed by atoms with Crippen LogP contribution in [-0.2, 0) is 14.3 Å². The van der Waals surface area contributed by atoms with Crippen molar-refractivity contribution in [3.05, 3.63) is 0 Å². The van der Waals surface area contributed by atoms with Crippen LogP contribution in [-0.4, -0.2) is 30.8 Å². The van der Waals surface area contributed by atoms with E-state index in [2.05, 4.69) is 10.1 Å². The van der Waals surface area contributed by atoms with Gasteiger partial charge in [0.25, 0.3) is 0 Å². The molecule has 0 rings (SSSR count). The van der Waals surface area contributed by atoms with Gasteiger partial charge in [-0.1, -0.05) is 27.7 Å². The van der Waals surface area contributed by atoms with Gasteiger partial charge in [-0.15, -0.1) is 0 Å². The topological polar surface area (TPSA) is 64.6 Å². The van der Waals surface area contributed by atoms with Crippen molar-refractivity contribution in [2.45, 2.75) is 60.1 Å². The number of nitrogens with one attached hydrogen (secondary N) is 1. The third-order valence-electron chi connectivity index (χ3n) is 1.79. The molecule has 0 aromatic rings. The van der Waals surface area contributed by atoms with E-state index in [9.17, 15) is 9.59 Å². The van der Waals surface area contributed by atoms with Crippen LogP contribution in [0.4, 0.5) is 4.79 Å². The lowest BCUT2D eigenvalue weighted by Gasteiger charge is -2.24. The molecule has 0 bridgehead atoms. The maximum absolute atomic E-state index is 11.5. The lowest BCUT2D eigenvalue weighted by atomic mass is 10.1. The lowest BCUT2D eigenvalue weighted by Crippen LogP contribution is -2.46. The van der Waals surface area contributed by atoms with Gasteiger partial charge in [0.05, 0.1) is 7.11 Å². The van der Waals surface area contributed by atoms with Gasteiger partial charge in [-0.3, -0.25) is 0 Å². The molecular formula is C13H27NO4. The van der Waals surface area contributed by atoms with Crippen molar-refractivity contribution >= 4 is 12.1 Å². The van der Waals surface area contributed by atoms with Crippen LogP contribution in [0, 0.1) is 5.92 Å². The first-order chi connectivity index (χ1) is 8.17. The minimum atomic E-state index is -0.681. The van der Waals surface area contributed by atoms with Crippen molar-refractivity contribution in [3.8, 4) is 0 Å². The molecular weight excluding hydrogens is 234 g/mol.